The van der Waals surface area contributed by atoms with Crippen LogP contribution in [0.15, 0.2) is 48.5 Å². The van der Waals surface area contributed by atoms with Crippen molar-refractivity contribution in [3.63, 3.8) is 0 Å². The highest BCUT2D eigenvalue weighted by Crippen LogP contribution is 2.24. The van der Waals surface area contributed by atoms with Gasteiger partial charge in [0.1, 0.15) is 11.5 Å². The summed E-state index contributed by atoms with van der Waals surface area (Å²) in [5.74, 6) is 1.30. The average Bonchev–Trinajstić information content (AvgIpc) is 2.46. The average molecular weight is 374 g/mol. The van der Waals surface area contributed by atoms with E-state index in [4.69, 9.17) is 8.85 Å². The van der Waals surface area contributed by atoms with Crippen molar-refractivity contribution >= 4 is 28.2 Å². The Balaban J connectivity index is 2.12. The molecule has 4 nitrogen and oxygen atoms in total. The van der Waals surface area contributed by atoms with Crippen LogP contribution >= 0.6 is 0 Å². The van der Waals surface area contributed by atoms with Gasteiger partial charge in [0.15, 0.2) is 0 Å². The third-order valence-electron chi connectivity index (χ3n) is 3.08. The topological polar surface area (TPSA) is 47.6 Å². The second-order valence-corrected chi connectivity index (χ2v) is 16.8. The lowest BCUT2D eigenvalue weighted by Gasteiger charge is -2.21. The van der Waals surface area contributed by atoms with Gasteiger partial charge in [-0.2, -0.15) is 0 Å². The van der Waals surface area contributed by atoms with Crippen LogP contribution in [0, 0.1) is 0 Å². The largest absolute Gasteiger partial charge is 0.544 e. The van der Waals surface area contributed by atoms with E-state index in [0.29, 0.717) is 11.3 Å². The molecule has 1 N–H and O–H groups in total. The molecule has 1 amide bonds. The molecule has 0 aliphatic carbocycles. The fraction of sp³-hybridized carbons (Fsp3) is 0.316. The highest BCUT2D eigenvalue weighted by atomic mass is 28.4. The molecule has 134 valence electrons. The van der Waals surface area contributed by atoms with Crippen molar-refractivity contribution in [2.75, 3.05) is 5.32 Å². The smallest absolute Gasteiger partial charge is 0.259 e. The molecule has 0 fully saturated rings. The molecule has 0 aliphatic rings. The first-order valence-electron chi connectivity index (χ1n) is 8.42. The Morgan fingerprint density at radius 1 is 0.800 bits per heavy atom. The van der Waals surface area contributed by atoms with Crippen molar-refractivity contribution in [3.8, 4) is 11.5 Å². The molecule has 0 bridgehead atoms. The molecule has 2 rings (SSSR count). The number of nitrogens with one attached hydrogen (secondary N) is 1. The number of amides is 1. The van der Waals surface area contributed by atoms with E-state index in [0.717, 1.165) is 11.4 Å². The van der Waals surface area contributed by atoms with E-state index in [1.54, 1.807) is 6.07 Å². The molecule has 0 heterocycles. The predicted molar refractivity (Wildman–Crippen MR) is 109 cm³/mol. The molecule has 0 saturated carbocycles. The molecule has 25 heavy (non-hydrogen) atoms. The molecule has 2 aromatic rings. The summed E-state index contributed by atoms with van der Waals surface area (Å²) in [6, 6.07) is 14.8. The standard InChI is InChI=1S/C19H27NO3Si2/c1-24(2,3)22-16-13-11-15(12-14-16)20-19(21)17-9-7-8-10-18(17)23-25(4,5)6/h7-14H,1-6H3,(H,20,21). The predicted octanol–water partition coefficient (Wildman–Crippen LogP) is 5.37. The summed E-state index contributed by atoms with van der Waals surface area (Å²) < 4.78 is 12.0. The van der Waals surface area contributed by atoms with Crippen LogP contribution in [0.4, 0.5) is 5.69 Å². The molecular weight excluding hydrogens is 346 g/mol. The number of benzene rings is 2. The molecule has 0 atom stereocenters. The van der Waals surface area contributed by atoms with Crippen LogP contribution in [0.1, 0.15) is 10.4 Å². The molecule has 0 radical (unpaired) electrons. The van der Waals surface area contributed by atoms with E-state index in [1.807, 2.05) is 42.5 Å². The Morgan fingerprint density at radius 3 is 1.92 bits per heavy atom. The second-order valence-electron chi connectivity index (χ2n) is 7.90. The number of hydrogen-bond acceptors (Lipinski definition) is 3. The van der Waals surface area contributed by atoms with Crippen LogP contribution in [0.25, 0.3) is 0 Å². The number of hydrogen-bond donors (Lipinski definition) is 1. The molecule has 0 aromatic heterocycles. The van der Waals surface area contributed by atoms with E-state index in [9.17, 15) is 4.79 Å². The molecule has 0 aliphatic heterocycles. The van der Waals surface area contributed by atoms with Crippen molar-refractivity contribution in [2.24, 2.45) is 0 Å². The summed E-state index contributed by atoms with van der Waals surface area (Å²) in [5, 5.41) is 2.93. The van der Waals surface area contributed by atoms with Crippen molar-refractivity contribution < 1.29 is 13.6 Å². The van der Waals surface area contributed by atoms with Gasteiger partial charge >= 0.3 is 0 Å². The maximum Gasteiger partial charge on any atom is 0.259 e. The lowest BCUT2D eigenvalue weighted by Crippen LogP contribution is -2.30. The van der Waals surface area contributed by atoms with Gasteiger partial charge in [-0.15, -0.1) is 0 Å². The highest BCUT2D eigenvalue weighted by Gasteiger charge is 2.21. The Kier molecular flexibility index (Phi) is 5.74. The first-order valence-corrected chi connectivity index (χ1v) is 15.2. The third-order valence-corrected chi connectivity index (χ3v) is 4.76. The summed E-state index contributed by atoms with van der Waals surface area (Å²) in [7, 11) is -3.42. The zero-order valence-corrected chi connectivity index (χ0v) is 17.8. The normalized spacial score (nSPS) is 11.8. The van der Waals surface area contributed by atoms with Crippen LogP contribution in [0.5, 0.6) is 11.5 Å². The van der Waals surface area contributed by atoms with Gasteiger partial charge in [-0.05, 0) is 75.7 Å². The Hall–Kier alpha value is -2.06. The number of carbonyl (C=O) groups is 1. The van der Waals surface area contributed by atoms with Crippen molar-refractivity contribution in [2.45, 2.75) is 39.3 Å². The van der Waals surface area contributed by atoms with Gasteiger partial charge in [0, 0.05) is 5.69 Å². The molecular formula is C19H27NO3Si2. The lowest BCUT2D eigenvalue weighted by atomic mass is 10.2. The molecule has 6 heteroatoms. The fourth-order valence-electron chi connectivity index (χ4n) is 2.23. The maximum absolute atomic E-state index is 12.6. The van der Waals surface area contributed by atoms with Gasteiger partial charge in [0.2, 0.25) is 16.6 Å². The first-order chi connectivity index (χ1) is 11.5. The van der Waals surface area contributed by atoms with Gasteiger partial charge in [-0.25, -0.2) is 0 Å². The van der Waals surface area contributed by atoms with Crippen molar-refractivity contribution in [1.29, 1.82) is 0 Å². The van der Waals surface area contributed by atoms with Crippen LogP contribution in [-0.2, 0) is 0 Å². The van der Waals surface area contributed by atoms with E-state index < -0.39 is 16.6 Å². The van der Waals surface area contributed by atoms with Crippen molar-refractivity contribution in [1.82, 2.24) is 0 Å². The second kappa shape index (κ2) is 7.45. The van der Waals surface area contributed by atoms with Crippen LogP contribution in [0.3, 0.4) is 0 Å². The fourth-order valence-corrected chi connectivity index (χ4v) is 3.91. The zero-order valence-electron chi connectivity index (χ0n) is 15.8. The highest BCUT2D eigenvalue weighted by molar-refractivity contribution is 6.70. The zero-order chi connectivity index (χ0) is 18.7. The summed E-state index contributed by atoms with van der Waals surface area (Å²) in [6.45, 7) is 12.7. The Morgan fingerprint density at radius 2 is 1.36 bits per heavy atom. The molecule has 2 aromatic carbocycles. The molecule has 0 unspecified atom stereocenters. The minimum Gasteiger partial charge on any atom is -0.544 e. The van der Waals surface area contributed by atoms with E-state index in [2.05, 4.69) is 44.6 Å². The molecule has 0 spiro atoms. The van der Waals surface area contributed by atoms with Crippen LogP contribution in [-0.4, -0.2) is 22.5 Å². The quantitative estimate of drug-likeness (QED) is 0.693. The van der Waals surface area contributed by atoms with Gasteiger partial charge in [0.25, 0.3) is 5.91 Å². The summed E-state index contributed by atoms with van der Waals surface area (Å²) >= 11 is 0. The third kappa shape index (κ3) is 6.40. The van der Waals surface area contributed by atoms with Crippen LogP contribution < -0.4 is 14.2 Å². The Labute approximate surface area is 152 Å². The number of rotatable bonds is 6. The number of carbonyl (C=O) groups excluding carboxylic acids is 1. The minimum absolute atomic E-state index is 0.173. The van der Waals surface area contributed by atoms with Gasteiger partial charge in [-0.1, -0.05) is 12.1 Å². The maximum atomic E-state index is 12.6. The summed E-state index contributed by atoms with van der Waals surface area (Å²) in [5.41, 5.74) is 1.28. The van der Waals surface area contributed by atoms with Crippen LogP contribution in [0.2, 0.25) is 39.3 Å². The summed E-state index contributed by atoms with van der Waals surface area (Å²) in [4.78, 5) is 12.6. The summed E-state index contributed by atoms with van der Waals surface area (Å²) in [6.07, 6.45) is 0. The van der Waals surface area contributed by atoms with E-state index >= 15 is 0 Å². The Bertz CT molecular complexity index is 732. The number of anilines is 1. The minimum atomic E-state index is -1.79. The van der Waals surface area contributed by atoms with E-state index in [1.165, 1.54) is 0 Å². The van der Waals surface area contributed by atoms with Gasteiger partial charge in [0.05, 0.1) is 5.56 Å². The number of para-hydroxylation sites is 1. The lowest BCUT2D eigenvalue weighted by molar-refractivity contribution is 0.102. The van der Waals surface area contributed by atoms with E-state index in [-0.39, 0.29) is 5.91 Å². The SMILES string of the molecule is C[Si](C)(C)Oc1ccc(NC(=O)c2ccccc2O[Si](C)(C)C)cc1. The van der Waals surface area contributed by atoms with Gasteiger partial charge < -0.3 is 14.2 Å². The van der Waals surface area contributed by atoms with Crippen molar-refractivity contribution in [3.05, 3.63) is 54.1 Å². The van der Waals surface area contributed by atoms with Gasteiger partial charge in [-0.3, -0.25) is 4.79 Å². The monoisotopic (exact) mass is 373 g/mol. The molecule has 0 saturated heterocycles. The first kappa shape index (κ1) is 19.3.